The van der Waals surface area contributed by atoms with Gasteiger partial charge in [-0.05, 0) is 48.4 Å². The van der Waals surface area contributed by atoms with Gasteiger partial charge >= 0.3 is 5.97 Å². The number of rotatable bonds is 6. The van der Waals surface area contributed by atoms with E-state index < -0.39 is 17.6 Å². The number of nitrogens with zero attached hydrogens (tertiary/aromatic N) is 1. The van der Waals surface area contributed by atoms with Gasteiger partial charge in [-0.3, -0.25) is 9.59 Å². The second kappa shape index (κ2) is 10.5. The Bertz CT molecular complexity index is 959. The number of halogens is 1. The number of ether oxygens (including phenoxy) is 2. The van der Waals surface area contributed by atoms with Crippen LogP contribution in [0, 0.1) is 5.82 Å². The van der Waals surface area contributed by atoms with Crippen molar-refractivity contribution in [2.24, 2.45) is 0 Å². The van der Waals surface area contributed by atoms with Gasteiger partial charge in [-0.15, -0.1) is 0 Å². The van der Waals surface area contributed by atoms with E-state index in [0.29, 0.717) is 26.1 Å². The van der Waals surface area contributed by atoms with Crippen molar-refractivity contribution in [2.45, 2.75) is 55.0 Å². The Kier molecular flexibility index (Phi) is 7.92. The van der Waals surface area contributed by atoms with Crippen LogP contribution in [-0.2, 0) is 29.5 Å². The van der Waals surface area contributed by atoms with E-state index in [2.05, 4.69) is 0 Å². The molecule has 0 N–H and O–H groups in total. The van der Waals surface area contributed by atoms with Crippen LogP contribution in [0.4, 0.5) is 4.39 Å². The van der Waals surface area contributed by atoms with Crippen LogP contribution in [0.2, 0.25) is 0 Å². The van der Waals surface area contributed by atoms with Crippen molar-refractivity contribution in [3.05, 3.63) is 59.4 Å². The largest absolute Gasteiger partial charge is 0.381 e. The predicted octanol–water partition coefficient (Wildman–Crippen LogP) is 5.02. The molecule has 1 fully saturated rings. The third kappa shape index (κ3) is 5.68. The lowest BCUT2D eigenvalue weighted by Gasteiger charge is -2.36. The van der Waals surface area contributed by atoms with E-state index in [1.54, 1.807) is 14.0 Å². The number of hydrogen-bond acceptors (Lipinski definition) is 6. The van der Waals surface area contributed by atoms with Crippen LogP contribution in [0.1, 0.15) is 50.8 Å². The van der Waals surface area contributed by atoms with Crippen LogP contribution in [0.3, 0.4) is 0 Å². The van der Waals surface area contributed by atoms with Gasteiger partial charge in [-0.2, -0.15) is 5.06 Å². The van der Waals surface area contributed by atoms with Gasteiger partial charge < -0.3 is 14.3 Å². The molecule has 1 unspecified atom stereocenters. The second-order valence-electron chi connectivity index (χ2n) is 7.76. The normalized spacial score (nSPS) is 16.3. The topological polar surface area (TPSA) is 65.1 Å². The van der Waals surface area contributed by atoms with E-state index in [9.17, 15) is 14.0 Å². The average molecular weight is 462 g/mol. The van der Waals surface area contributed by atoms with Crippen LogP contribution >= 0.6 is 11.8 Å². The Morgan fingerprint density at radius 2 is 1.75 bits per heavy atom. The van der Waals surface area contributed by atoms with Crippen molar-refractivity contribution in [2.75, 3.05) is 20.3 Å². The molecule has 0 radical (unpaired) electrons. The van der Waals surface area contributed by atoms with Gasteiger partial charge in [-0.1, -0.05) is 23.9 Å². The first-order chi connectivity index (χ1) is 15.2. The van der Waals surface area contributed by atoms with Gasteiger partial charge in [0.15, 0.2) is 0 Å². The molecule has 2 aromatic rings. The molecule has 2 aromatic carbocycles. The highest BCUT2D eigenvalue weighted by Crippen LogP contribution is 2.39. The smallest absolute Gasteiger partial charge is 0.329 e. The third-order valence-electron chi connectivity index (χ3n) is 5.58. The standard InChI is InChI=1S/C24H28FNO5S/c1-16(26(17(2)27)31-18(3)28)19-5-7-22(8-6-19)32-23-14-20(13-21(25)15-23)24(29-4)9-11-30-12-10-24/h5-8,13-16H,9-12H2,1-4H3. The molecule has 0 aliphatic carbocycles. The molecule has 0 saturated carbocycles. The molecule has 32 heavy (non-hydrogen) atoms. The summed E-state index contributed by atoms with van der Waals surface area (Å²) in [6, 6.07) is 12.1. The summed E-state index contributed by atoms with van der Waals surface area (Å²) in [5.74, 6) is -1.23. The number of carbonyl (C=O) groups excluding carboxylic acids is 2. The maximum Gasteiger partial charge on any atom is 0.329 e. The molecule has 0 aromatic heterocycles. The molecule has 1 aliphatic heterocycles. The van der Waals surface area contributed by atoms with Crippen LogP contribution in [-0.4, -0.2) is 37.3 Å². The number of carbonyl (C=O) groups is 2. The molecule has 0 spiro atoms. The zero-order chi connectivity index (χ0) is 23.3. The monoisotopic (exact) mass is 461 g/mol. The van der Waals surface area contributed by atoms with Crippen molar-refractivity contribution in [1.82, 2.24) is 5.06 Å². The van der Waals surface area contributed by atoms with Crippen molar-refractivity contribution < 1.29 is 28.3 Å². The summed E-state index contributed by atoms with van der Waals surface area (Å²) in [4.78, 5) is 29.9. The summed E-state index contributed by atoms with van der Waals surface area (Å²) in [6.45, 7) is 5.54. The Balaban J connectivity index is 1.79. The van der Waals surface area contributed by atoms with Crippen LogP contribution in [0.15, 0.2) is 52.3 Å². The molecule has 1 aliphatic rings. The zero-order valence-corrected chi connectivity index (χ0v) is 19.5. The quantitative estimate of drug-likeness (QED) is 0.563. The molecule has 3 rings (SSSR count). The zero-order valence-electron chi connectivity index (χ0n) is 18.7. The van der Waals surface area contributed by atoms with E-state index in [1.165, 1.54) is 37.7 Å². The van der Waals surface area contributed by atoms with Crippen LogP contribution < -0.4 is 0 Å². The highest BCUT2D eigenvalue weighted by Gasteiger charge is 2.35. The highest BCUT2D eigenvalue weighted by molar-refractivity contribution is 7.99. The maximum atomic E-state index is 14.5. The summed E-state index contributed by atoms with van der Waals surface area (Å²) < 4.78 is 25.7. The maximum absolute atomic E-state index is 14.5. The first-order valence-electron chi connectivity index (χ1n) is 10.4. The van der Waals surface area contributed by atoms with Crippen LogP contribution in [0.5, 0.6) is 0 Å². The Morgan fingerprint density at radius 1 is 1.09 bits per heavy atom. The third-order valence-corrected chi connectivity index (χ3v) is 6.56. The molecule has 6 nitrogen and oxygen atoms in total. The van der Waals surface area contributed by atoms with Gasteiger partial charge in [0, 0.05) is 56.8 Å². The van der Waals surface area contributed by atoms with E-state index in [0.717, 1.165) is 26.0 Å². The molecular formula is C24H28FNO5S. The SMILES string of the molecule is COC1(c2cc(F)cc(Sc3ccc(C(C)N(OC(C)=O)C(C)=O)cc3)c2)CCOCC1. The lowest BCUT2D eigenvalue weighted by molar-refractivity contribution is -0.203. The number of hydrogen-bond donors (Lipinski definition) is 0. The van der Waals surface area contributed by atoms with Crippen molar-refractivity contribution >= 4 is 23.6 Å². The molecule has 0 bridgehead atoms. The molecule has 1 atom stereocenters. The van der Waals surface area contributed by atoms with Gasteiger partial charge in [0.1, 0.15) is 5.82 Å². The fourth-order valence-electron chi connectivity index (χ4n) is 3.84. The summed E-state index contributed by atoms with van der Waals surface area (Å²) in [7, 11) is 1.66. The molecule has 1 amide bonds. The van der Waals surface area contributed by atoms with Crippen molar-refractivity contribution in [3.8, 4) is 0 Å². The Labute approximate surface area is 192 Å². The molecule has 1 heterocycles. The van der Waals surface area contributed by atoms with E-state index in [1.807, 2.05) is 30.3 Å². The minimum atomic E-state index is -0.556. The first kappa shape index (κ1) is 24.2. The number of methoxy groups -OCH3 is 1. The fraction of sp³-hybridized carbons (Fsp3) is 0.417. The van der Waals surface area contributed by atoms with Crippen molar-refractivity contribution in [1.29, 1.82) is 0 Å². The van der Waals surface area contributed by atoms with Gasteiger partial charge in [0.05, 0.1) is 11.6 Å². The first-order valence-corrected chi connectivity index (χ1v) is 11.3. The summed E-state index contributed by atoms with van der Waals surface area (Å²) in [5, 5.41) is 1.06. The lowest BCUT2D eigenvalue weighted by Crippen LogP contribution is -2.35. The second-order valence-corrected chi connectivity index (χ2v) is 8.91. The summed E-state index contributed by atoms with van der Waals surface area (Å²) in [5.41, 5.74) is 1.09. The molecule has 8 heteroatoms. The van der Waals surface area contributed by atoms with E-state index in [4.69, 9.17) is 14.3 Å². The predicted molar refractivity (Wildman–Crippen MR) is 118 cm³/mol. The molecule has 1 saturated heterocycles. The summed E-state index contributed by atoms with van der Waals surface area (Å²) >= 11 is 1.44. The number of amides is 1. The molecule has 172 valence electrons. The van der Waals surface area contributed by atoms with Crippen molar-refractivity contribution in [3.63, 3.8) is 0 Å². The average Bonchev–Trinajstić information content (AvgIpc) is 2.77. The number of hydroxylamine groups is 2. The Morgan fingerprint density at radius 3 is 2.31 bits per heavy atom. The summed E-state index contributed by atoms with van der Waals surface area (Å²) in [6.07, 6.45) is 1.36. The fourth-order valence-corrected chi connectivity index (χ4v) is 4.74. The minimum Gasteiger partial charge on any atom is -0.381 e. The van der Waals surface area contributed by atoms with Gasteiger partial charge in [-0.25, -0.2) is 4.39 Å². The lowest BCUT2D eigenvalue weighted by atomic mass is 9.86. The van der Waals surface area contributed by atoms with E-state index in [-0.39, 0.29) is 11.7 Å². The minimum absolute atomic E-state index is 0.309. The van der Waals surface area contributed by atoms with Gasteiger partial charge in [0.2, 0.25) is 0 Å². The highest BCUT2D eigenvalue weighted by atomic mass is 32.2. The van der Waals surface area contributed by atoms with Crippen LogP contribution in [0.25, 0.3) is 0 Å². The molecular weight excluding hydrogens is 433 g/mol. The Hall–Kier alpha value is -2.42. The number of benzene rings is 2. The van der Waals surface area contributed by atoms with E-state index >= 15 is 0 Å². The van der Waals surface area contributed by atoms with Gasteiger partial charge in [0.25, 0.3) is 5.91 Å².